The van der Waals surface area contributed by atoms with Gasteiger partial charge in [0.15, 0.2) is 11.5 Å². The Morgan fingerprint density at radius 1 is 1.09 bits per heavy atom. The quantitative estimate of drug-likeness (QED) is 0.503. The molecule has 3 heterocycles. The highest BCUT2D eigenvalue weighted by atomic mass is 32.2. The molecule has 0 saturated carbocycles. The Labute approximate surface area is 198 Å². The summed E-state index contributed by atoms with van der Waals surface area (Å²) in [4.78, 5) is 29.0. The van der Waals surface area contributed by atoms with Crippen LogP contribution in [0.15, 0.2) is 57.0 Å². The number of sulfonamides is 1. The first kappa shape index (κ1) is 22.5. The van der Waals surface area contributed by atoms with Crippen molar-refractivity contribution >= 4 is 33.2 Å². The first-order valence-electron chi connectivity index (χ1n) is 10.3. The average Bonchev–Trinajstić information content (AvgIpc) is 3.49. The van der Waals surface area contributed by atoms with Gasteiger partial charge in [-0.05, 0) is 42.5 Å². The number of hydrogen-bond donors (Lipinski definition) is 2. The van der Waals surface area contributed by atoms with Crippen LogP contribution in [0, 0.1) is 0 Å². The van der Waals surface area contributed by atoms with Crippen LogP contribution in [0.5, 0.6) is 11.5 Å². The largest absolute Gasteiger partial charge is 0.454 e. The third-order valence-electron chi connectivity index (χ3n) is 5.17. The molecule has 180 valence electrons. The number of nitrogens with one attached hydrogen (secondary N) is 1. The van der Waals surface area contributed by atoms with Crippen molar-refractivity contribution in [1.29, 1.82) is 0 Å². The molecule has 0 bridgehead atoms. The van der Waals surface area contributed by atoms with Gasteiger partial charge in [-0.2, -0.15) is 10.1 Å². The van der Waals surface area contributed by atoms with Crippen LogP contribution in [0.3, 0.4) is 0 Å². The van der Waals surface area contributed by atoms with Crippen LogP contribution in [0.4, 0.5) is 5.69 Å². The number of aromatic nitrogens is 2. The molecule has 0 unspecified atom stereocenters. The highest BCUT2D eigenvalue weighted by molar-refractivity contribution is 7.89. The molecule has 0 spiro atoms. The van der Waals surface area contributed by atoms with E-state index in [4.69, 9.17) is 19.1 Å². The average molecular weight is 498 g/mol. The van der Waals surface area contributed by atoms with Crippen LogP contribution < -0.4 is 19.9 Å². The molecule has 1 aromatic heterocycles. The summed E-state index contributed by atoms with van der Waals surface area (Å²) in [7, 11) is -3.84. The lowest BCUT2D eigenvalue weighted by Gasteiger charge is -2.21. The van der Waals surface area contributed by atoms with Crippen molar-refractivity contribution in [3.8, 4) is 22.9 Å². The van der Waals surface area contributed by atoms with E-state index in [1.165, 1.54) is 24.3 Å². The van der Waals surface area contributed by atoms with Gasteiger partial charge in [0.05, 0.1) is 4.90 Å². The van der Waals surface area contributed by atoms with Gasteiger partial charge in [0, 0.05) is 24.1 Å². The van der Waals surface area contributed by atoms with Crippen LogP contribution in [0.1, 0.15) is 18.7 Å². The minimum atomic E-state index is -3.84. The van der Waals surface area contributed by atoms with Crippen LogP contribution in [0.25, 0.3) is 11.4 Å². The number of carbonyl (C=O) groups is 2. The number of hydrogen-bond acceptors (Lipinski definition) is 10. The summed E-state index contributed by atoms with van der Waals surface area (Å²) in [5.41, 5.74) is 1.36. The van der Waals surface area contributed by atoms with Crippen molar-refractivity contribution in [3.05, 3.63) is 48.4 Å². The molecule has 0 saturated heterocycles. The Hall–Kier alpha value is -4.30. The Morgan fingerprint density at radius 3 is 2.63 bits per heavy atom. The van der Waals surface area contributed by atoms with Gasteiger partial charge in [0.1, 0.15) is 12.3 Å². The van der Waals surface area contributed by atoms with Crippen molar-refractivity contribution in [1.82, 2.24) is 15.1 Å². The van der Waals surface area contributed by atoms with Crippen LogP contribution in [-0.4, -0.2) is 54.4 Å². The normalized spacial score (nSPS) is 15.2. The molecule has 2 aliphatic heterocycles. The standard InChI is InChI=1S/C21H18N6O7S/c22-35(30,31)14-4-2-13(3-5-14)23-18(28)10-27-19(29)8-6-15(25-27)21-24-20(26-34-21)12-1-7-16-17(9-12)33-11-32-16/h1-5,7,9H,6,8,10-11H2,(H,23,28)(H2,22,30,31). The molecule has 2 aliphatic rings. The summed E-state index contributed by atoms with van der Waals surface area (Å²) in [5.74, 6) is 0.773. The number of nitrogens with zero attached hydrogens (tertiary/aromatic N) is 4. The predicted molar refractivity (Wildman–Crippen MR) is 120 cm³/mol. The summed E-state index contributed by atoms with van der Waals surface area (Å²) in [5, 5.41) is 16.9. The van der Waals surface area contributed by atoms with Crippen LogP contribution in [-0.2, 0) is 19.6 Å². The van der Waals surface area contributed by atoms with Crippen molar-refractivity contribution in [2.24, 2.45) is 10.2 Å². The van der Waals surface area contributed by atoms with Crippen LogP contribution in [0.2, 0.25) is 0 Å². The van der Waals surface area contributed by atoms with E-state index in [1.54, 1.807) is 18.2 Å². The molecule has 2 aromatic carbocycles. The van der Waals surface area contributed by atoms with E-state index in [-0.39, 0.29) is 42.9 Å². The first-order valence-corrected chi connectivity index (χ1v) is 11.9. The van der Waals surface area contributed by atoms with E-state index in [0.717, 1.165) is 5.01 Å². The van der Waals surface area contributed by atoms with E-state index >= 15 is 0 Å². The van der Waals surface area contributed by atoms with Crippen molar-refractivity contribution < 1.29 is 32.0 Å². The molecule has 5 rings (SSSR count). The number of primary sulfonamides is 1. The summed E-state index contributed by atoms with van der Waals surface area (Å²) in [6.07, 6.45) is 0.381. The number of anilines is 1. The highest BCUT2D eigenvalue weighted by Gasteiger charge is 2.27. The zero-order valence-corrected chi connectivity index (χ0v) is 18.8. The molecule has 3 N–H and O–H groups in total. The highest BCUT2D eigenvalue weighted by Crippen LogP contribution is 2.35. The van der Waals surface area contributed by atoms with E-state index in [9.17, 15) is 18.0 Å². The van der Waals surface area contributed by atoms with E-state index in [1.807, 2.05) is 0 Å². The Bertz CT molecular complexity index is 1450. The number of amides is 2. The molecule has 0 fully saturated rings. The van der Waals surface area contributed by atoms with Gasteiger partial charge in [-0.3, -0.25) is 9.59 Å². The van der Waals surface area contributed by atoms with Gasteiger partial charge in [0.25, 0.3) is 5.89 Å². The van der Waals surface area contributed by atoms with Crippen molar-refractivity contribution in [2.75, 3.05) is 18.7 Å². The molecule has 2 amide bonds. The molecule has 0 atom stereocenters. The van der Waals surface area contributed by atoms with Gasteiger partial charge >= 0.3 is 0 Å². The maximum absolute atomic E-state index is 12.4. The lowest BCUT2D eigenvalue weighted by atomic mass is 10.1. The van der Waals surface area contributed by atoms with Crippen LogP contribution >= 0.6 is 0 Å². The van der Waals surface area contributed by atoms with Gasteiger partial charge in [-0.15, -0.1) is 0 Å². The van der Waals surface area contributed by atoms with Crippen molar-refractivity contribution in [2.45, 2.75) is 17.7 Å². The van der Waals surface area contributed by atoms with Gasteiger partial charge in [-0.25, -0.2) is 18.6 Å². The Kier molecular flexibility index (Phi) is 5.66. The fourth-order valence-corrected chi connectivity index (χ4v) is 3.95. The molecule has 13 nitrogen and oxygen atoms in total. The number of rotatable bonds is 6. The second kappa shape index (κ2) is 8.81. The van der Waals surface area contributed by atoms with Gasteiger partial charge in [0.2, 0.25) is 34.5 Å². The zero-order valence-electron chi connectivity index (χ0n) is 18.0. The first-order chi connectivity index (χ1) is 16.8. The van der Waals surface area contributed by atoms with E-state index in [2.05, 4.69) is 20.6 Å². The van der Waals surface area contributed by atoms with Crippen molar-refractivity contribution in [3.63, 3.8) is 0 Å². The second-order valence-corrected chi connectivity index (χ2v) is 9.17. The van der Waals surface area contributed by atoms with Gasteiger partial charge in [-0.1, -0.05) is 5.16 Å². The molecule has 3 aromatic rings. The molecule has 0 aliphatic carbocycles. The number of fused-ring (bicyclic) bond motifs is 1. The van der Waals surface area contributed by atoms with Gasteiger partial charge < -0.3 is 19.3 Å². The maximum atomic E-state index is 12.4. The number of nitrogens with two attached hydrogens (primary N) is 1. The zero-order chi connectivity index (χ0) is 24.6. The molecular formula is C21H18N6O7S. The third-order valence-corrected chi connectivity index (χ3v) is 6.10. The lowest BCUT2D eigenvalue weighted by molar-refractivity contribution is -0.135. The summed E-state index contributed by atoms with van der Waals surface area (Å²) < 4.78 is 38.7. The molecule has 35 heavy (non-hydrogen) atoms. The SMILES string of the molecule is NS(=O)(=O)c1ccc(NC(=O)CN2N=C(c3nc(-c4ccc5c(c4)OCO5)no3)CCC2=O)cc1. The predicted octanol–water partition coefficient (Wildman–Crippen LogP) is 1.08. The molecular weight excluding hydrogens is 480 g/mol. The fraction of sp³-hybridized carbons (Fsp3) is 0.190. The fourth-order valence-electron chi connectivity index (χ4n) is 3.44. The number of hydrazone groups is 1. The topological polar surface area (TPSA) is 179 Å². The number of carbonyl (C=O) groups excluding carboxylic acids is 2. The Morgan fingerprint density at radius 2 is 1.86 bits per heavy atom. The maximum Gasteiger partial charge on any atom is 0.274 e. The minimum absolute atomic E-state index is 0.0874. The summed E-state index contributed by atoms with van der Waals surface area (Å²) in [6.45, 7) is -0.214. The minimum Gasteiger partial charge on any atom is -0.454 e. The molecule has 0 radical (unpaired) electrons. The monoisotopic (exact) mass is 498 g/mol. The molecule has 14 heteroatoms. The summed E-state index contributed by atoms with van der Waals surface area (Å²) >= 11 is 0. The Balaban J connectivity index is 1.28. The smallest absolute Gasteiger partial charge is 0.274 e. The number of ether oxygens (including phenoxy) is 2. The summed E-state index contributed by atoms with van der Waals surface area (Å²) in [6, 6.07) is 10.5. The van der Waals surface area contributed by atoms with E-state index < -0.39 is 15.9 Å². The lowest BCUT2D eigenvalue weighted by Crippen LogP contribution is -2.38. The second-order valence-electron chi connectivity index (χ2n) is 7.61. The number of benzene rings is 2. The third kappa shape index (κ3) is 4.83. The van der Waals surface area contributed by atoms with E-state index in [0.29, 0.717) is 34.3 Å².